The summed E-state index contributed by atoms with van der Waals surface area (Å²) in [5, 5.41) is 1.88. The normalized spacial score (nSPS) is 14.0. The topological polar surface area (TPSA) is 22.1 Å². The Morgan fingerprint density at radius 2 is 2.24 bits per heavy atom. The van der Waals surface area contributed by atoms with Crippen molar-refractivity contribution >= 4 is 22.5 Å². The van der Waals surface area contributed by atoms with Gasteiger partial charge in [0.25, 0.3) is 0 Å². The van der Waals surface area contributed by atoms with Crippen LogP contribution in [0.25, 0.3) is 10.9 Å². The molecular weight excluding hydrogens is 234 g/mol. The Hall–Kier alpha value is -1.28. The zero-order valence-electron chi connectivity index (χ0n) is 9.79. The van der Waals surface area contributed by atoms with Crippen molar-refractivity contribution in [2.24, 2.45) is 0 Å². The van der Waals surface area contributed by atoms with Crippen LogP contribution < -0.4 is 4.74 Å². The van der Waals surface area contributed by atoms with E-state index in [4.69, 9.17) is 21.3 Å². The van der Waals surface area contributed by atoms with Gasteiger partial charge in [-0.3, -0.25) is 0 Å². The number of hydrogen-bond acceptors (Lipinski definition) is 2. The van der Waals surface area contributed by atoms with Gasteiger partial charge in [0.1, 0.15) is 11.3 Å². The van der Waals surface area contributed by atoms with E-state index < -0.39 is 0 Å². The van der Waals surface area contributed by atoms with Crippen molar-refractivity contribution < 1.29 is 4.74 Å². The second kappa shape index (κ2) is 4.19. The zero-order chi connectivity index (χ0) is 11.8. The minimum atomic E-state index is 0.648. The van der Waals surface area contributed by atoms with Gasteiger partial charge in [-0.2, -0.15) is 0 Å². The smallest absolute Gasteiger partial charge is 0.145 e. The summed E-state index contributed by atoms with van der Waals surface area (Å²) in [6.07, 6.45) is 3.24. The van der Waals surface area contributed by atoms with Crippen molar-refractivity contribution in [2.75, 3.05) is 6.61 Å². The van der Waals surface area contributed by atoms with Crippen LogP contribution in [0.3, 0.4) is 0 Å². The Balaban J connectivity index is 2.31. The average Bonchev–Trinajstić information content (AvgIpc) is 2.79. The summed E-state index contributed by atoms with van der Waals surface area (Å²) in [6.45, 7) is 2.63. The maximum atomic E-state index is 6.46. The molecule has 0 bridgehead atoms. The molecule has 0 radical (unpaired) electrons. The second-order valence-corrected chi connectivity index (χ2v) is 4.67. The lowest BCUT2D eigenvalue weighted by molar-refractivity contribution is 0.343. The Bertz CT molecular complexity index is 580. The molecule has 3 heteroatoms. The van der Waals surface area contributed by atoms with Gasteiger partial charge in [0.2, 0.25) is 0 Å². The third-order valence-electron chi connectivity index (χ3n) is 3.24. The molecule has 0 amide bonds. The van der Waals surface area contributed by atoms with Gasteiger partial charge in [-0.05, 0) is 37.8 Å². The molecule has 1 heterocycles. The molecule has 0 unspecified atom stereocenters. The molecule has 3 rings (SSSR count). The van der Waals surface area contributed by atoms with Crippen LogP contribution in [0, 0.1) is 0 Å². The number of benzene rings is 1. The van der Waals surface area contributed by atoms with Gasteiger partial charge in [-0.1, -0.05) is 23.7 Å². The molecule has 1 aromatic heterocycles. The summed E-state index contributed by atoms with van der Waals surface area (Å²) in [4.78, 5) is 4.73. The first-order valence-electron chi connectivity index (χ1n) is 6.04. The summed E-state index contributed by atoms with van der Waals surface area (Å²) in [5.74, 6) is 0.835. The first-order chi connectivity index (χ1) is 8.31. The standard InChI is InChI=1S/C14H14ClNO/c1-2-17-12-8-4-6-10-13(15)9-5-3-7-11(9)16-14(10)12/h4,6,8H,2-3,5,7H2,1H3. The molecule has 2 nitrogen and oxygen atoms in total. The van der Waals surface area contributed by atoms with Crippen molar-refractivity contribution in [1.82, 2.24) is 4.98 Å². The predicted molar refractivity (Wildman–Crippen MR) is 69.9 cm³/mol. The molecule has 0 N–H and O–H groups in total. The first-order valence-corrected chi connectivity index (χ1v) is 6.42. The summed E-state index contributed by atoms with van der Waals surface area (Å²) in [7, 11) is 0. The van der Waals surface area contributed by atoms with E-state index in [0.29, 0.717) is 6.61 Å². The lowest BCUT2D eigenvalue weighted by atomic mass is 10.1. The largest absolute Gasteiger partial charge is 0.492 e. The molecule has 0 aliphatic heterocycles. The number of halogens is 1. The molecule has 2 aromatic rings. The number of aromatic nitrogens is 1. The van der Waals surface area contributed by atoms with E-state index in [1.54, 1.807) is 0 Å². The highest BCUT2D eigenvalue weighted by Crippen LogP contribution is 2.36. The van der Waals surface area contributed by atoms with Crippen LogP contribution in [-0.4, -0.2) is 11.6 Å². The van der Waals surface area contributed by atoms with Gasteiger partial charge in [0.05, 0.1) is 11.6 Å². The number of nitrogens with zero attached hydrogens (tertiary/aromatic N) is 1. The van der Waals surface area contributed by atoms with Gasteiger partial charge in [-0.15, -0.1) is 0 Å². The average molecular weight is 248 g/mol. The second-order valence-electron chi connectivity index (χ2n) is 4.29. The molecule has 0 fully saturated rings. The van der Waals surface area contributed by atoms with Gasteiger partial charge < -0.3 is 4.74 Å². The van der Waals surface area contributed by atoms with Crippen molar-refractivity contribution in [3.8, 4) is 5.75 Å². The molecule has 0 spiro atoms. The van der Waals surface area contributed by atoms with Crippen LogP contribution in [0.4, 0.5) is 0 Å². The van der Waals surface area contributed by atoms with E-state index in [-0.39, 0.29) is 0 Å². The number of fused-ring (bicyclic) bond motifs is 2. The minimum absolute atomic E-state index is 0.648. The molecule has 17 heavy (non-hydrogen) atoms. The Morgan fingerprint density at radius 1 is 1.35 bits per heavy atom. The monoisotopic (exact) mass is 247 g/mol. The van der Waals surface area contributed by atoms with Crippen LogP contribution in [0.5, 0.6) is 5.75 Å². The minimum Gasteiger partial charge on any atom is -0.492 e. The summed E-state index contributed by atoms with van der Waals surface area (Å²) < 4.78 is 5.61. The van der Waals surface area contributed by atoms with Crippen molar-refractivity contribution in [3.05, 3.63) is 34.5 Å². The SMILES string of the molecule is CCOc1cccc2c(Cl)c3c(nc12)CCC3. The maximum absolute atomic E-state index is 6.46. The van der Waals surface area contributed by atoms with Crippen LogP contribution in [0.1, 0.15) is 24.6 Å². The van der Waals surface area contributed by atoms with Gasteiger partial charge in [-0.25, -0.2) is 4.98 Å². The summed E-state index contributed by atoms with van der Waals surface area (Å²) in [6, 6.07) is 5.95. The summed E-state index contributed by atoms with van der Waals surface area (Å²) >= 11 is 6.46. The van der Waals surface area contributed by atoms with Crippen molar-refractivity contribution in [1.29, 1.82) is 0 Å². The highest BCUT2D eigenvalue weighted by Gasteiger charge is 2.19. The van der Waals surface area contributed by atoms with Gasteiger partial charge >= 0.3 is 0 Å². The van der Waals surface area contributed by atoms with Gasteiger partial charge in [0.15, 0.2) is 0 Å². The number of aryl methyl sites for hydroxylation is 1. The van der Waals surface area contributed by atoms with E-state index in [0.717, 1.165) is 46.6 Å². The first kappa shape index (κ1) is 10.8. The lowest BCUT2D eigenvalue weighted by Crippen LogP contribution is -1.97. The Kier molecular flexibility index (Phi) is 2.67. The highest BCUT2D eigenvalue weighted by atomic mass is 35.5. The third-order valence-corrected chi connectivity index (χ3v) is 3.67. The number of hydrogen-bond donors (Lipinski definition) is 0. The van der Waals surface area contributed by atoms with Crippen LogP contribution in [0.15, 0.2) is 18.2 Å². The number of ether oxygens (including phenoxy) is 1. The Morgan fingerprint density at radius 3 is 3.06 bits per heavy atom. The van der Waals surface area contributed by atoms with E-state index in [1.165, 1.54) is 5.56 Å². The predicted octanol–water partition coefficient (Wildman–Crippen LogP) is 3.78. The maximum Gasteiger partial charge on any atom is 0.145 e. The molecule has 1 aliphatic rings. The van der Waals surface area contributed by atoms with Crippen LogP contribution in [0.2, 0.25) is 5.02 Å². The molecule has 0 saturated heterocycles. The molecule has 1 aliphatic carbocycles. The van der Waals surface area contributed by atoms with Crippen molar-refractivity contribution in [2.45, 2.75) is 26.2 Å². The van der Waals surface area contributed by atoms with Gasteiger partial charge in [0, 0.05) is 11.1 Å². The molecule has 1 aromatic carbocycles. The fourth-order valence-corrected chi connectivity index (χ4v) is 2.83. The molecule has 0 saturated carbocycles. The highest BCUT2D eigenvalue weighted by molar-refractivity contribution is 6.36. The number of pyridine rings is 1. The number of para-hydroxylation sites is 1. The molecule has 88 valence electrons. The van der Waals surface area contributed by atoms with E-state index in [9.17, 15) is 0 Å². The van der Waals surface area contributed by atoms with E-state index in [2.05, 4.69) is 0 Å². The Labute approximate surface area is 106 Å². The molecule has 0 atom stereocenters. The third kappa shape index (κ3) is 1.67. The van der Waals surface area contributed by atoms with Crippen molar-refractivity contribution in [3.63, 3.8) is 0 Å². The van der Waals surface area contributed by atoms with Crippen LogP contribution >= 0.6 is 11.6 Å². The number of rotatable bonds is 2. The van der Waals surface area contributed by atoms with E-state index >= 15 is 0 Å². The quantitative estimate of drug-likeness (QED) is 0.806. The zero-order valence-corrected chi connectivity index (χ0v) is 10.5. The lowest BCUT2D eigenvalue weighted by Gasteiger charge is -2.10. The van der Waals surface area contributed by atoms with Crippen LogP contribution in [-0.2, 0) is 12.8 Å². The molecular formula is C14H14ClNO. The summed E-state index contributed by atoms with van der Waals surface area (Å²) in [5.41, 5.74) is 3.28. The van der Waals surface area contributed by atoms with E-state index in [1.807, 2.05) is 25.1 Å². The fourth-order valence-electron chi connectivity index (χ4n) is 2.47. The fraction of sp³-hybridized carbons (Fsp3) is 0.357.